The molecule has 10 heteroatoms. The topological polar surface area (TPSA) is 142 Å². The van der Waals surface area contributed by atoms with Crippen molar-refractivity contribution in [1.82, 2.24) is 10.2 Å². The number of hydrogen-bond donors (Lipinski definition) is 3. The summed E-state index contributed by atoms with van der Waals surface area (Å²) in [5.41, 5.74) is -1.23. The van der Waals surface area contributed by atoms with Crippen molar-refractivity contribution in [2.75, 3.05) is 6.54 Å². The van der Waals surface area contributed by atoms with E-state index in [-0.39, 0.29) is 0 Å². The van der Waals surface area contributed by atoms with Gasteiger partial charge in [-0.15, -0.1) is 0 Å². The highest BCUT2D eigenvalue weighted by molar-refractivity contribution is 5.80. The smallest absolute Gasteiger partial charge is 0.411 e. The van der Waals surface area contributed by atoms with E-state index in [0.29, 0.717) is 24.8 Å². The second-order valence-corrected chi connectivity index (χ2v) is 13.3. The minimum Gasteiger partial charge on any atom is -0.480 e. The number of carboxylic acid groups (broad SMARTS) is 2. The fourth-order valence-corrected chi connectivity index (χ4v) is 5.08. The molecule has 0 bridgehead atoms. The third-order valence-corrected chi connectivity index (χ3v) is 7.21. The summed E-state index contributed by atoms with van der Waals surface area (Å²) in [6.07, 6.45) is 11.9. The van der Waals surface area contributed by atoms with Crippen LogP contribution in [0.5, 0.6) is 0 Å². The van der Waals surface area contributed by atoms with E-state index in [1.165, 1.54) is 50.3 Å². The number of rotatable bonds is 9. The molecular weight excluding hydrogens is 516 g/mol. The van der Waals surface area contributed by atoms with Gasteiger partial charge in [0.1, 0.15) is 23.3 Å². The molecule has 2 fully saturated rings. The zero-order valence-electron chi connectivity index (χ0n) is 25.8. The van der Waals surface area contributed by atoms with E-state index in [2.05, 4.69) is 5.32 Å². The molecule has 0 spiro atoms. The minimum absolute atomic E-state index is 0.387. The summed E-state index contributed by atoms with van der Waals surface area (Å²) in [7, 11) is 0. The van der Waals surface area contributed by atoms with Crippen LogP contribution in [0.2, 0.25) is 0 Å². The lowest BCUT2D eigenvalue weighted by atomic mass is 9.85. The molecule has 3 N–H and O–H groups in total. The van der Waals surface area contributed by atoms with Crippen molar-refractivity contribution in [2.45, 2.75) is 149 Å². The molecule has 0 unspecified atom stereocenters. The van der Waals surface area contributed by atoms with Gasteiger partial charge in [0.05, 0.1) is 0 Å². The Morgan fingerprint density at radius 3 is 1.68 bits per heavy atom. The number of alkyl carbamates (subject to hydrolysis) is 1. The fraction of sp³-hybridized carbons (Fsp3) is 0.867. The number of ether oxygens (including phenoxy) is 2. The third kappa shape index (κ3) is 15.3. The number of aliphatic carboxylic acids is 2. The van der Waals surface area contributed by atoms with Crippen LogP contribution in [0.3, 0.4) is 0 Å². The molecule has 0 radical (unpaired) electrons. The average molecular weight is 571 g/mol. The number of amides is 2. The molecule has 0 aliphatic heterocycles. The Hall–Kier alpha value is -2.52. The van der Waals surface area contributed by atoms with Crippen molar-refractivity contribution >= 4 is 24.1 Å². The largest absolute Gasteiger partial charge is 0.480 e. The molecule has 0 aromatic carbocycles. The van der Waals surface area contributed by atoms with E-state index in [1.54, 1.807) is 41.5 Å². The normalized spacial score (nSPS) is 18.4. The van der Waals surface area contributed by atoms with E-state index in [0.717, 1.165) is 32.1 Å². The fourth-order valence-electron chi connectivity index (χ4n) is 5.08. The molecule has 2 atom stereocenters. The van der Waals surface area contributed by atoms with Gasteiger partial charge in [-0.2, -0.15) is 0 Å². The maximum Gasteiger partial charge on any atom is 0.411 e. The van der Waals surface area contributed by atoms with Crippen LogP contribution in [0.1, 0.15) is 126 Å². The van der Waals surface area contributed by atoms with E-state index in [4.69, 9.17) is 9.47 Å². The van der Waals surface area contributed by atoms with Crippen LogP contribution in [0.25, 0.3) is 0 Å². The van der Waals surface area contributed by atoms with Gasteiger partial charge in [-0.3, -0.25) is 4.90 Å². The zero-order valence-corrected chi connectivity index (χ0v) is 25.8. The monoisotopic (exact) mass is 570 g/mol. The third-order valence-electron chi connectivity index (χ3n) is 7.21. The lowest BCUT2D eigenvalue weighted by Gasteiger charge is -2.33. The number of carbonyl (C=O) groups excluding carboxylic acids is 2. The molecule has 2 aliphatic rings. The lowest BCUT2D eigenvalue weighted by molar-refractivity contribution is -0.143. The minimum atomic E-state index is -0.994. The highest BCUT2D eigenvalue weighted by Gasteiger charge is 2.32. The number of carbonyl (C=O) groups is 4. The molecule has 232 valence electrons. The van der Waals surface area contributed by atoms with Crippen LogP contribution in [-0.2, 0) is 19.1 Å². The van der Waals surface area contributed by atoms with Crippen LogP contribution in [-0.4, -0.2) is 69.1 Å². The Kier molecular flexibility index (Phi) is 14.8. The van der Waals surface area contributed by atoms with Crippen molar-refractivity contribution in [2.24, 2.45) is 11.8 Å². The van der Waals surface area contributed by atoms with E-state index in [9.17, 15) is 29.4 Å². The predicted octanol–water partition coefficient (Wildman–Crippen LogP) is 6.60. The first-order chi connectivity index (χ1) is 18.5. The van der Waals surface area contributed by atoms with Crippen LogP contribution >= 0.6 is 0 Å². The summed E-state index contributed by atoms with van der Waals surface area (Å²) in [4.78, 5) is 47.6. The Balaban J connectivity index is 0.000000400. The van der Waals surface area contributed by atoms with Crippen molar-refractivity contribution in [3.05, 3.63) is 0 Å². The number of carboxylic acids is 2. The molecule has 10 nitrogen and oxygen atoms in total. The highest BCUT2D eigenvalue weighted by atomic mass is 16.6. The molecule has 0 saturated heterocycles. The first-order valence-corrected chi connectivity index (χ1v) is 14.9. The van der Waals surface area contributed by atoms with Gasteiger partial charge in [-0.1, -0.05) is 51.4 Å². The summed E-state index contributed by atoms with van der Waals surface area (Å²) in [6.45, 7) is 12.6. The number of nitrogens with zero attached hydrogens (tertiary/aromatic N) is 1. The van der Waals surface area contributed by atoms with Gasteiger partial charge in [0.25, 0.3) is 0 Å². The number of hydrogen-bond acceptors (Lipinski definition) is 6. The Bertz CT molecular complexity index is 794. The second-order valence-electron chi connectivity index (χ2n) is 13.3. The Labute approximate surface area is 240 Å². The van der Waals surface area contributed by atoms with Crippen molar-refractivity contribution in [3.8, 4) is 0 Å². The average Bonchev–Trinajstić information content (AvgIpc) is 2.84. The zero-order chi connectivity index (χ0) is 30.5. The van der Waals surface area contributed by atoms with Gasteiger partial charge >= 0.3 is 24.1 Å². The maximum atomic E-state index is 12.2. The van der Waals surface area contributed by atoms with Crippen LogP contribution < -0.4 is 5.32 Å². The first-order valence-electron chi connectivity index (χ1n) is 14.9. The molecule has 2 amide bonds. The van der Waals surface area contributed by atoms with Crippen molar-refractivity contribution < 1.29 is 38.9 Å². The number of nitrogens with one attached hydrogen (secondary N) is 1. The second kappa shape index (κ2) is 16.7. The maximum absolute atomic E-state index is 12.2. The SMILES string of the molecule is CC(C)(C)OC(=O)N[C@@H](CCC1CCCCC1)C(=O)O.C[C@@H](C(=O)O)N(CC1CCCCC1)C(=O)OC(C)(C)C. The van der Waals surface area contributed by atoms with Crippen LogP contribution in [0, 0.1) is 11.8 Å². The molecular formula is C30H54N2O8. The molecule has 40 heavy (non-hydrogen) atoms. The molecule has 2 rings (SSSR count). The van der Waals surface area contributed by atoms with Crippen LogP contribution in [0.15, 0.2) is 0 Å². The van der Waals surface area contributed by atoms with Gasteiger partial charge in [0.15, 0.2) is 0 Å². The molecule has 0 aromatic rings. The molecule has 2 saturated carbocycles. The summed E-state index contributed by atoms with van der Waals surface area (Å²) in [5.74, 6) is -0.998. The Morgan fingerprint density at radius 1 is 0.775 bits per heavy atom. The summed E-state index contributed by atoms with van der Waals surface area (Å²) >= 11 is 0. The quantitative estimate of drug-likeness (QED) is 0.281. The Morgan fingerprint density at radius 2 is 1.25 bits per heavy atom. The highest BCUT2D eigenvalue weighted by Crippen LogP contribution is 2.28. The molecule has 2 aliphatic carbocycles. The van der Waals surface area contributed by atoms with Gasteiger partial charge in [0.2, 0.25) is 0 Å². The van der Waals surface area contributed by atoms with Gasteiger partial charge in [-0.05, 0) is 86.0 Å². The van der Waals surface area contributed by atoms with E-state index >= 15 is 0 Å². The lowest BCUT2D eigenvalue weighted by Crippen LogP contribution is -2.48. The molecule has 0 heterocycles. The molecule has 0 aromatic heterocycles. The summed E-state index contributed by atoms with van der Waals surface area (Å²) in [5, 5.41) is 20.8. The van der Waals surface area contributed by atoms with Gasteiger partial charge in [-0.25, -0.2) is 19.2 Å². The first kappa shape index (κ1) is 35.5. The van der Waals surface area contributed by atoms with Gasteiger partial charge < -0.3 is 25.0 Å². The summed E-state index contributed by atoms with van der Waals surface area (Å²) in [6, 6.07) is -1.71. The van der Waals surface area contributed by atoms with E-state index < -0.39 is 47.4 Å². The van der Waals surface area contributed by atoms with Gasteiger partial charge in [0, 0.05) is 6.54 Å². The van der Waals surface area contributed by atoms with E-state index in [1.807, 2.05) is 0 Å². The van der Waals surface area contributed by atoms with Crippen LogP contribution in [0.4, 0.5) is 9.59 Å². The van der Waals surface area contributed by atoms with Crippen molar-refractivity contribution in [3.63, 3.8) is 0 Å². The van der Waals surface area contributed by atoms with Crippen molar-refractivity contribution in [1.29, 1.82) is 0 Å². The summed E-state index contributed by atoms with van der Waals surface area (Å²) < 4.78 is 10.4. The predicted molar refractivity (Wildman–Crippen MR) is 153 cm³/mol. The standard InChI is InChI=1S/2C15H27NO4/c1-11(13(17)18)16(14(19)20-15(2,3)4)10-12-8-6-5-7-9-12;1-15(2,3)20-14(19)16-12(13(17)18)10-9-11-7-5-4-6-8-11/h11-12H,5-10H2,1-4H3,(H,17,18);11-12H,4-10H2,1-3H3,(H,16,19)(H,17,18)/t11-;12-/m00/s1.